The van der Waals surface area contributed by atoms with Gasteiger partial charge in [-0.15, -0.1) is 0 Å². The fourth-order valence-electron chi connectivity index (χ4n) is 2.20. The topological polar surface area (TPSA) is 79.5 Å². The van der Waals surface area contributed by atoms with Crippen molar-refractivity contribution in [1.82, 2.24) is 16.0 Å². The van der Waals surface area contributed by atoms with E-state index in [1.54, 1.807) is 14.0 Å². The number of ether oxygens (including phenoxy) is 1. The second kappa shape index (κ2) is 8.12. The van der Waals surface area contributed by atoms with Crippen molar-refractivity contribution in [2.45, 2.75) is 38.8 Å². The molecule has 0 radical (unpaired) electrons. The molecule has 3 unspecified atom stereocenters. The molecular weight excluding hydrogens is 246 g/mol. The highest BCUT2D eigenvalue weighted by Gasteiger charge is 2.26. The fourth-order valence-corrected chi connectivity index (χ4v) is 2.20. The Hall–Kier alpha value is -1.14. The third-order valence-electron chi connectivity index (χ3n) is 3.35. The van der Waals surface area contributed by atoms with E-state index in [4.69, 9.17) is 4.74 Å². The number of carbonyl (C=O) groups excluding carboxylic acids is 2. The molecule has 6 nitrogen and oxygen atoms in total. The molecule has 0 spiro atoms. The van der Waals surface area contributed by atoms with Crippen LogP contribution in [0.25, 0.3) is 0 Å². The van der Waals surface area contributed by atoms with Crippen molar-refractivity contribution in [2.75, 3.05) is 26.8 Å². The summed E-state index contributed by atoms with van der Waals surface area (Å²) in [6, 6.07) is -0.148. The first-order valence-electron chi connectivity index (χ1n) is 6.85. The molecular formula is C13H25N3O3. The van der Waals surface area contributed by atoms with E-state index in [0.29, 0.717) is 19.2 Å². The quantitative estimate of drug-likeness (QED) is 0.577. The molecule has 6 heteroatoms. The van der Waals surface area contributed by atoms with Crippen molar-refractivity contribution in [3.63, 3.8) is 0 Å². The summed E-state index contributed by atoms with van der Waals surface area (Å²) in [7, 11) is 1.58. The smallest absolute Gasteiger partial charge is 0.242 e. The minimum atomic E-state index is -0.505. The maximum absolute atomic E-state index is 12.0. The van der Waals surface area contributed by atoms with Crippen LogP contribution in [-0.4, -0.2) is 50.7 Å². The van der Waals surface area contributed by atoms with Crippen molar-refractivity contribution in [3.05, 3.63) is 0 Å². The van der Waals surface area contributed by atoms with Crippen LogP contribution >= 0.6 is 0 Å². The molecule has 0 bridgehead atoms. The Morgan fingerprint density at radius 3 is 2.84 bits per heavy atom. The minimum Gasteiger partial charge on any atom is -0.383 e. The highest BCUT2D eigenvalue weighted by molar-refractivity contribution is 5.88. The van der Waals surface area contributed by atoms with Gasteiger partial charge in [0, 0.05) is 25.6 Å². The van der Waals surface area contributed by atoms with Gasteiger partial charge in [-0.2, -0.15) is 0 Å². The van der Waals surface area contributed by atoms with Gasteiger partial charge in [-0.1, -0.05) is 0 Å². The van der Waals surface area contributed by atoms with Crippen LogP contribution in [0.1, 0.15) is 26.7 Å². The zero-order valence-corrected chi connectivity index (χ0v) is 12.0. The lowest BCUT2D eigenvalue weighted by Crippen LogP contribution is -2.49. The van der Waals surface area contributed by atoms with Gasteiger partial charge in [0.1, 0.15) is 6.04 Å². The van der Waals surface area contributed by atoms with Crippen LogP contribution in [0.15, 0.2) is 0 Å². The number of hydrogen-bond donors (Lipinski definition) is 3. The van der Waals surface area contributed by atoms with Gasteiger partial charge in [-0.25, -0.2) is 0 Å². The number of carbonyl (C=O) groups is 2. The lowest BCUT2D eigenvalue weighted by molar-refractivity contribution is -0.131. The Bertz CT molecular complexity index is 310. The summed E-state index contributed by atoms with van der Waals surface area (Å²) < 4.78 is 4.85. The summed E-state index contributed by atoms with van der Waals surface area (Å²) in [6.45, 7) is 5.55. The standard InChI is InChI=1S/C13H25N3O3/c1-9-8-11(4-5-14-9)13(18)16-10(2)12(17)15-6-7-19-3/h9-11,14H,4-8H2,1-3H3,(H,15,17)(H,16,18). The third-order valence-corrected chi connectivity index (χ3v) is 3.35. The zero-order valence-electron chi connectivity index (χ0n) is 12.0. The van der Waals surface area contributed by atoms with E-state index in [9.17, 15) is 9.59 Å². The molecule has 3 atom stereocenters. The maximum atomic E-state index is 12.0. The minimum absolute atomic E-state index is 0.00507. The molecule has 3 N–H and O–H groups in total. The molecule has 1 fully saturated rings. The Labute approximate surface area is 114 Å². The summed E-state index contributed by atoms with van der Waals surface area (Å²) in [5.74, 6) is -0.194. The van der Waals surface area contributed by atoms with Crippen LogP contribution in [0.5, 0.6) is 0 Å². The van der Waals surface area contributed by atoms with Gasteiger partial charge >= 0.3 is 0 Å². The van der Waals surface area contributed by atoms with E-state index in [0.717, 1.165) is 19.4 Å². The Morgan fingerprint density at radius 1 is 1.47 bits per heavy atom. The first-order valence-corrected chi connectivity index (χ1v) is 6.85. The summed E-state index contributed by atoms with van der Waals surface area (Å²) in [5.41, 5.74) is 0. The molecule has 1 heterocycles. The number of rotatable bonds is 6. The lowest BCUT2D eigenvalue weighted by atomic mass is 9.92. The van der Waals surface area contributed by atoms with Gasteiger partial charge < -0.3 is 20.7 Å². The van der Waals surface area contributed by atoms with E-state index in [-0.39, 0.29) is 17.7 Å². The number of hydrogen-bond acceptors (Lipinski definition) is 4. The zero-order chi connectivity index (χ0) is 14.3. The van der Waals surface area contributed by atoms with Gasteiger partial charge in [0.15, 0.2) is 0 Å². The first kappa shape index (κ1) is 15.9. The Morgan fingerprint density at radius 2 is 2.21 bits per heavy atom. The summed E-state index contributed by atoms with van der Waals surface area (Å²) in [6.07, 6.45) is 1.65. The highest BCUT2D eigenvalue weighted by Crippen LogP contribution is 2.16. The van der Waals surface area contributed by atoms with Gasteiger partial charge in [0.2, 0.25) is 11.8 Å². The molecule has 0 aromatic rings. The summed E-state index contributed by atoms with van der Waals surface area (Å²) in [4.78, 5) is 23.8. The van der Waals surface area contributed by atoms with E-state index in [1.165, 1.54) is 0 Å². The maximum Gasteiger partial charge on any atom is 0.242 e. The molecule has 0 saturated carbocycles. The number of amides is 2. The normalized spacial score (nSPS) is 24.6. The largest absolute Gasteiger partial charge is 0.383 e. The second-order valence-electron chi connectivity index (χ2n) is 5.09. The predicted molar refractivity (Wildman–Crippen MR) is 72.7 cm³/mol. The van der Waals surface area contributed by atoms with Crippen molar-refractivity contribution >= 4 is 11.8 Å². The van der Waals surface area contributed by atoms with Crippen LogP contribution in [0.3, 0.4) is 0 Å². The van der Waals surface area contributed by atoms with E-state index < -0.39 is 6.04 Å². The van der Waals surface area contributed by atoms with Crippen molar-refractivity contribution in [3.8, 4) is 0 Å². The van der Waals surface area contributed by atoms with Crippen LogP contribution in [0.4, 0.5) is 0 Å². The van der Waals surface area contributed by atoms with Crippen LogP contribution < -0.4 is 16.0 Å². The van der Waals surface area contributed by atoms with Crippen LogP contribution in [0.2, 0.25) is 0 Å². The third kappa shape index (κ3) is 5.57. The highest BCUT2D eigenvalue weighted by atomic mass is 16.5. The molecule has 1 saturated heterocycles. The van der Waals surface area contributed by atoms with E-state index in [2.05, 4.69) is 22.9 Å². The van der Waals surface area contributed by atoms with Gasteiger partial charge in [-0.3, -0.25) is 9.59 Å². The average Bonchev–Trinajstić information content (AvgIpc) is 2.38. The summed E-state index contributed by atoms with van der Waals surface area (Å²) in [5, 5.41) is 8.79. The molecule has 110 valence electrons. The van der Waals surface area contributed by atoms with Crippen molar-refractivity contribution in [2.24, 2.45) is 5.92 Å². The molecule has 0 aromatic carbocycles. The predicted octanol–water partition coefficient (Wildman–Crippen LogP) is -0.358. The second-order valence-corrected chi connectivity index (χ2v) is 5.09. The molecule has 1 rings (SSSR count). The molecule has 0 aromatic heterocycles. The van der Waals surface area contributed by atoms with Gasteiger partial charge in [0.25, 0.3) is 0 Å². The number of piperidine rings is 1. The Balaban J connectivity index is 2.32. The van der Waals surface area contributed by atoms with Crippen LogP contribution in [0, 0.1) is 5.92 Å². The molecule has 2 amide bonds. The molecule has 0 aliphatic carbocycles. The Kier molecular flexibility index (Phi) is 6.80. The SMILES string of the molecule is COCCNC(=O)C(C)NC(=O)C1CCNC(C)C1. The molecule has 1 aliphatic heterocycles. The summed E-state index contributed by atoms with van der Waals surface area (Å²) >= 11 is 0. The monoisotopic (exact) mass is 271 g/mol. The number of nitrogens with one attached hydrogen (secondary N) is 3. The van der Waals surface area contributed by atoms with Crippen LogP contribution in [-0.2, 0) is 14.3 Å². The van der Waals surface area contributed by atoms with Crippen molar-refractivity contribution < 1.29 is 14.3 Å². The average molecular weight is 271 g/mol. The molecule has 1 aliphatic rings. The van der Waals surface area contributed by atoms with Gasteiger partial charge in [0.05, 0.1) is 6.61 Å². The first-order chi connectivity index (χ1) is 9.04. The van der Waals surface area contributed by atoms with E-state index >= 15 is 0 Å². The van der Waals surface area contributed by atoms with E-state index in [1.807, 2.05) is 0 Å². The lowest BCUT2D eigenvalue weighted by Gasteiger charge is -2.28. The van der Waals surface area contributed by atoms with Crippen molar-refractivity contribution in [1.29, 1.82) is 0 Å². The fraction of sp³-hybridized carbons (Fsp3) is 0.846. The van der Waals surface area contributed by atoms with Gasteiger partial charge in [-0.05, 0) is 33.2 Å². The number of methoxy groups -OCH3 is 1. The molecule has 19 heavy (non-hydrogen) atoms.